The molecule has 0 atom stereocenters. The third-order valence-corrected chi connectivity index (χ3v) is 3.80. The van der Waals surface area contributed by atoms with E-state index in [9.17, 15) is 4.79 Å². The molecule has 2 aromatic carbocycles. The quantitative estimate of drug-likeness (QED) is 0.792. The second kappa shape index (κ2) is 6.40. The highest BCUT2D eigenvalue weighted by atomic mass is 79.9. The van der Waals surface area contributed by atoms with Gasteiger partial charge in [0.1, 0.15) is 0 Å². The van der Waals surface area contributed by atoms with Crippen molar-refractivity contribution in [1.82, 2.24) is 4.90 Å². The lowest BCUT2D eigenvalue weighted by atomic mass is 10.1. The van der Waals surface area contributed by atoms with E-state index in [-0.39, 0.29) is 5.91 Å². The average Bonchev–Trinajstić information content (AvgIpc) is 2.43. The van der Waals surface area contributed by atoms with Crippen molar-refractivity contribution in [1.29, 1.82) is 0 Å². The van der Waals surface area contributed by atoms with E-state index in [1.807, 2.05) is 42.2 Å². The summed E-state index contributed by atoms with van der Waals surface area (Å²) in [5, 5.41) is 2.24. The number of carbonyl (C=O) groups is 1. The summed E-state index contributed by atoms with van der Waals surface area (Å²) in [6.45, 7) is 7.84. The summed E-state index contributed by atoms with van der Waals surface area (Å²) in [5.74, 6) is 0.598. The van der Waals surface area contributed by atoms with Crippen molar-refractivity contribution < 1.29 is 4.79 Å². The highest BCUT2D eigenvalue weighted by molar-refractivity contribution is 9.10. The molecule has 20 heavy (non-hydrogen) atoms. The van der Waals surface area contributed by atoms with Gasteiger partial charge in [0, 0.05) is 23.1 Å². The van der Waals surface area contributed by atoms with Crippen molar-refractivity contribution in [2.75, 3.05) is 13.1 Å². The third kappa shape index (κ3) is 3.40. The smallest absolute Gasteiger partial charge is 0.253 e. The summed E-state index contributed by atoms with van der Waals surface area (Å²) >= 11 is 3.47. The van der Waals surface area contributed by atoms with E-state index in [0.717, 1.165) is 33.9 Å². The molecule has 0 fully saturated rings. The Bertz CT molecular complexity index is 621. The van der Waals surface area contributed by atoms with Crippen LogP contribution >= 0.6 is 15.9 Å². The maximum Gasteiger partial charge on any atom is 0.253 e. The van der Waals surface area contributed by atoms with E-state index < -0.39 is 0 Å². The molecule has 2 nitrogen and oxygen atoms in total. The van der Waals surface area contributed by atoms with Crippen LogP contribution in [0.15, 0.2) is 40.9 Å². The first-order valence-electron chi connectivity index (χ1n) is 7.00. The lowest BCUT2D eigenvalue weighted by Crippen LogP contribution is -2.33. The minimum atomic E-state index is 0.117. The molecular weight excluding hydrogens is 314 g/mol. The molecule has 0 aliphatic heterocycles. The summed E-state index contributed by atoms with van der Waals surface area (Å²) in [4.78, 5) is 14.4. The predicted molar refractivity (Wildman–Crippen MR) is 88.1 cm³/mol. The minimum absolute atomic E-state index is 0.117. The van der Waals surface area contributed by atoms with Crippen molar-refractivity contribution in [3.63, 3.8) is 0 Å². The molecule has 0 heterocycles. The number of benzene rings is 2. The highest BCUT2D eigenvalue weighted by Crippen LogP contribution is 2.21. The molecule has 0 unspecified atom stereocenters. The van der Waals surface area contributed by atoms with Crippen molar-refractivity contribution in [3.05, 3.63) is 46.4 Å². The molecule has 2 aromatic rings. The van der Waals surface area contributed by atoms with Gasteiger partial charge < -0.3 is 4.90 Å². The zero-order chi connectivity index (χ0) is 14.7. The molecule has 0 radical (unpaired) electrons. The Hall–Kier alpha value is -1.35. The lowest BCUT2D eigenvalue weighted by Gasteiger charge is -2.23. The van der Waals surface area contributed by atoms with E-state index in [1.54, 1.807) is 0 Å². The molecule has 0 saturated heterocycles. The maximum absolute atomic E-state index is 12.5. The van der Waals surface area contributed by atoms with E-state index in [0.29, 0.717) is 5.92 Å². The first-order valence-corrected chi connectivity index (χ1v) is 7.79. The van der Waals surface area contributed by atoms with Crippen molar-refractivity contribution in [2.45, 2.75) is 20.8 Å². The number of rotatable bonds is 4. The SMILES string of the molecule is CCN(CC(C)C)C(=O)c1ccc2cc(Br)ccc2c1. The number of fused-ring (bicyclic) bond motifs is 1. The van der Waals surface area contributed by atoms with Gasteiger partial charge in [-0.05, 0) is 47.9 Å². The average molecular weight is 334 g/mol. The second-order valence-corrected chi connectivity index (χ2v) is 6.36. The fraction of sp³-hybridized carbons (Fsp3) is 0.353. The summed E-state index contributed by atoms with van der Waals surface area (Å²) in [6.07, 6.45) is 0. The Balaban J connectivity index is 2.32. The predicted octanol–water partition coefficient (Wildman–Crippen LogP) is 4.72. The molecule has 0 aliphatic rings. The molecule has 106 valence electrons. The highest BCUT2D eigenvalue weighted by Gasteiger charge is 2.15. The Morgan fingerprint density at radius 2 is 1.80 bits per heavy atom. The number of hydrogen-bond donors (Lipinski definition) is 0. The van der Waals surface area contributed by atoms with Crippen LogP contribution in [0.3, 0.4) is 0 Å². The van der Waals surface area contributed by atoms with Gasteiger partial charge in [0.15, 0.2) is 0 Å². The minimum Gasteiger partial charge on any atom is -0.339 e. The molecule has 0 saturated carbocycles. The number of carbonyl (C=O) groups excluding carboxylic acids is 1. The van der Waals surface area contributed by atoms with Crippen LogP contribution in [0.4, 0.5) is 0 Å². The normalized spacial score (nSPS) is 11.1. The first-order chi connectivity index (χ1) is 9.51. The molecule has 0 aromatic heterocycles. The van der Waals surface area contributed by atoms with Crippen LogP contribution in [0.2, 0.25) is 0 Å². The number of amides is 1. The van der Waals surface area contributed by atoms with E-state index in [2.05, 4.69) is 35.8 Å². The standard InChI is InChI=1S/C17H20BrNO/c1-4-19(11-12(2)3)17(20)15-6-5-14-10-16(18)8-7-13(14)9-15/h5-10,12H,4,11H2,1-3H3. The molecule has 3 heteroatoms. The van der Waals surface area contributed by atoms with Crippen molar-refractivity contribution >= 4 is 32.6 Å². The first kappa shape index (κ1) is 15.0. The van der Waals surface area contributed by atoms with E-state index in [1.165, 1.54) is 0 Å². The second-order valence-electron chi connectivity index (χ2n) is 5.44. The van der Waals surface area contributed by atoms with Crippen molar-refractivity contribution in [2.24, 2.45) is 5.92 Å². The van der Waals surface area contributed by atoms with Crippen LogP contribution in [-0.4, -0.2) is 23.9 Å². The topological polar surface area (TPSA) is 20.3 Å². The van der Waals surface area contributed by atoms with Gasteiger partial charge in [-0.3, -0.25) is 4.79 Å². The Morgan fingerprint density at radius 3 is 2.45 bits per heavy atom. The number of hydrogen-bond acceptors (Lipinski definition) is 1. The van der Waals surface area contributed by atoms with Crippen LogP contribution in [0.1, 0.15) is 31.1 Å². The molecule has 0 N–H and O–H groups in total. The molecule has 1 amide bonds. The van der Waals surface area contributed by atoms with Gasteiger partial charge in [-0.1, -0.05) is 41.9 Å². The van der Waals surface area contributed by atoms with Crippen LogP contribution in [0.5, 0.6) is 0 Å². The van der Waals surface area contributed by atoms with Gasteiger partial charge in [-0.15, -0.1) is 0 Å². The molecule has 2 rings (SSSR count). The molecular formula is C17H20BrNO. The van der Waals surface area contributed by atoms with Gasteiger partial charge in [0.25, 0.3) is 5.91 Å². The zero-order valence-corrected chi connectivity index (χ0v) is 13.8. The van der Waals surface area contributed by atoms with Gasteiger partial charge in [-0.25, -0.2) is 0 Å². The number of halogens is 1. The molecule has 0 bridgehead atoms. The third-order valence-electron chi connectivity index (χ3n) is 3.30. The zero-order valence-electron chi connectivity index (χ0n) is 12.2. The fourth-order valence-electron chi connectivity index (χ4n) is 2.33. The van der Waals surface area contributed by atoms with Crippen LogP contribution in [0.25, 0.3) is 10.8 Å². The fourth-order valence-corrected chi connectivity index (χ4v) is 2.71. The maximum atomic E-state index is 12.5. The van der Waals surface area contributed by atoms with Gasteiger partial charge in [-0.2, -0.15) is 0 Å². The van der Waals surface area contributed by atoms with Gasteiger partial charge in [0.2, 0.25) is 0 Å². The largest absolute Gasteiger partial charge is 0.339 e. The van der Waals surface area contributed by atoms with Gasteiger partial charge >= 0.3 is 0 Å². The van der Waals surface area contributed by atoms with Crippen LogP contribution in [-0.2, 0) is 0 Å². The van der Waals surface area contributed by atoms with Crippen molar-refractivity contribution in [3.8, 4) is 0 Å². The monoisotopic (exact) mass is 333 g/mol. The van der Waals surface area contributed by atoms with Crippen LogP contribution < -0.4 is 0 Å². The molecule has 0 aliphatic carbocycles. The number of nitrogens with zero attached hydrogens (tertiary/aromatic N) is 1. The molecule has 0 spiro atoms. The van der Waals surface area contributed by atoms with Crippen LogP contribution in [0, 0.1) is 5.92 Å². The van der Waals surface area contributed by atoms with E-state index >= 15 is 0 Å². The summed E-state index contributed by atoms with van der Waals surface area (Å²) in [5.41, 5.74) is 0.766. The van der Waals surface area contributed by atoms with Gasteiger partial charge in [0.05, 0.1) is 0 Å². The summed E-state index contributed by atoms with van der Waals surface area (Å²) < 4.78 is 1.05. The Labute approximate surface area is 128 Å². The summed E-state index contributed by atoms with van der Waals surface area (Å²) in [7, 11) is 0. The summed E-state index contributed by atoms with van der Waals surface area (Å²) in [6, 6.07) is 12.0. The lowest BCUT2D eigenvalue weighted by molar-refractivity contribution is 0.0746. The van der Waals surface area contributed by atoms with E-state index in [4.69, 9.17) is 0 Å². The Kier molecular flexibility index (Phi) is 4.81. The Morgan fingerprint density at radius 1 is 1.15 bits per heavy atom.